The highest BCUT2D eigenvalue weighted by Crippen LogP contribution is 2.39. The van der Waals surface area contributed by atoms with Crippen molar-refractivity contribution in [3.63, 3.8) is 0 Å². The molecular formula is C27H29ClN6O2S. The summed E-state index contributed by atoms with van der Waals surface area (Å²) in [5, 5.41) is 9.73. The second kappa shape index (κ2) is 11.6. The van der Waals surface area contributed by atoms with Gasteiger partial charge in [-0.3, -0.25) is 4.79 Å². The van der Waals surface area contributed by atoms with Crippen LogP contribution >= 0.6 is 22.9 Å². The number of amides is 1. The number of hydrogen-bond donors (Lipinski definition) is 2. The molecule has 4 rings (SSSR count). The van der Waals surface area contributed by atoms with Gasteiger partial charge in [0.2, 0.25) is 11.9 Å². The second-order valence-corrected chi connectivity index (χ2v) is 9.97. The van der Waals surface area contributed by atoms with E-state index in [0.29, 0.717) is 33.8 Å². The summed E-state index contributed by atoms with van der Waals surface area (Å²) < 4.78 is 6.84. The number of methoxy groups -OCH3 is 1. The maximum Gasteiger partial charge on any atom is 0.247 e. The Morgan fingerprint density at radius 3 is 2.70 bits per heavy atom. The molecule has 0 aliphatic heterocycles. The van der Waals surface area contributed by atoms with Gasteiger partial charge in [-0.05, 0) is 32.3 Å². The summed E-state index contributed by atoms with van der Waals surface area (Å²) in [6, 6.07) is 11.8. The van der Waals surface area contributed by atoms with Gasteiger partial charge in [0.1, 0.15) is 5.75 Å². The monoisotopic (exact) mass is 536 g/mol. The van der Waals surface area contributed by atoms with Crippen LogP contribution in [0.4, 0.5) is 23.0 Å². The first-order valence-corrected chi connectivity index (χ1v) is 12.8. The van der Waals surface area contributed by atoms with Crippen molar-refractivity contribution in [3.8, 4) is 17.0 Å². The fraction of sp³-hybridized carbons (Fsp3) is 0.222. The molecule has 0 bridgehead atoms. The summed E-state index contributed by atoms with van der Waals surface area (Å²) in [5.41, 5.74) is 3.58. The number of halogens is 1. The molecule has 0 atom stereocenters. The molecule has 192 valence electrons. The average molecular weight is 537 g/mol. The molecule has 2 heterocycles. The molecule has 2 aromatic carbocycles. The minimum atomic E-state index is -0.312. The van der Waals surface area contributed by atoms with E-state index in [0.717, 1.165) is 34.4 Å². The lowest BCUT2D eigenvalue weighted by Crippen LogP contribution is -2.29. The quantitative estimate of drug-likeness (QED) is 0.245. The van der Waals surface area contributed by atoms with E-state index in [1.165, 1.54) is 6.08 Å². The van der Waals surface area contributed by atoms with Gasteiger partial charge < -0.3 is 25.2 Å². The Balaban J connectivity index is 1.72. The number of thiophene rings is 1. The van der Waals surface area contributed by atoms with Crippen LogP contribution in [-0.4, -0.2) is 62.1 Å². The van der Waals surface area contributed by atoms with Gasteiger partial charge >= 0.3 is 0 Å². The number of benzene rings is 2. The molecule has 1 amide bonds. The number of rotatable bonds is 10. The van der Waals surface area contributed by atoms with Crippen LogP contribution in [0.5, 0.6) is 5.75 Å². The zero-order chi connectivity index (χ0) is 26.5. The number of fused-ring (bicyclic) bond motifs is 1. The van der Waals surface area contributed by atoms with E-state index in [1.54, 1.807) is 30.7 Å². The van der Waals surface area contributed by atoms with E-state index in [2.05, 4.69) is 44.1 Å². The van der Waals surface area contributed by atoms with E-state index < -0.39 is 0 Å². The van der Waals surface area contributed by atoms with E-state index in [4.69, 9.17) is 21.3 Å². The van der Waals surface area contributed by atoms with Crippen LogP contribution in [0.15, 0.2) is 60.6 Å². The standard InChI is InChI=1S/C27H29ClN6O2S/c1-6-25(35)30-20-13-21(23(36-5)14-22(20)34(4)12-11-33(2)3)31-27-29-15-19(28)26(32-27)18-16-37-24-10-8-7-9-17(18)24/h6-10,13-16H,1,11-12H2,2-5H3,(H,30,35)(H,29,31,32). The van der Waals surface area contributed by atoms with Crippen molar-refractivity contribution in [2.75, 3.05) is 56.9 Å². The lowest BCUT2D eigenvalue weighted by molar-refractivity contribution is -0.111. The lowest BCUT2D eigenvalue weighted by atomic mass is 10.1. The molecular weight excluding hydrogens is 508 g/mol. The SMILES string of the molecule is C=CC(=O)Nc1cc(Nc2ncc(Cl)c(-c3csc4ccccc34)n2)c(OC)cc1N(C)CCN(C)C. The van der Waals surface area contributed by atoms with Crippen LogP contribution < -0.4 is 20.3 Å². The van der Waals surface area contributed by atoms with Gasteiger partial charge in [-0.1, -0.05) is 36.4 Å². The minimum Gasteiger partial charge on any atom is -0.494 e. The minimum absolute atomic E-state index is 0.312. The highest BCUT2D eigenvalue weighted by atomic mass is 35.5. The fourth-order valence-electron chi connectivity index (χ4n) is 3.80. The molecule has 0 aliphatic rings. The molecule has 4 aromatic rings. The van der Waals surface area contributed by atoms with Crippen LogP contribution in [-0.2, 0) is 4.79 Å². The Bertz CT molecular complexity index is 1440. The molecule has 0 spiro atoms. The van der Waals surface area contributed by atoms with E-state index >= 15 is 0 Å². The molecule has 2 N–H and O–H groups in total. The van der Waals surface area contributed by atoms with Gasteiger partial charge in [0, 0.05) is 47.2 Å². The van der Waals surface area contributed by atoms with Crippen molar-refractivity contribution in [1.29, 1.82) is 0 Å². The number of likely N-dealkylation sites (N-methyl/N-ethyl adjacent to an activating group) is 2. The maximum absolute atomic E-state index is 12.2. The number of anilines is 4. The van der Waals surface area contributed by atoms with Crippen LogP contribution in [0.25, 0.3) is 21.3 Å². The number of nitrogens with one attached hydrogen (secondary N) is 2. The van der Waals surface area contributed by atoms with Gasteiger partial charge in [-0.15, -0.1) is 11.3 Å². The topological polar surface area (TPSA) is 82.6 Å². The van der Waals surface area contributed by atoms with Crippen molar-refractivity contribution in [3.05, 3.63) is 65.7 Å². The van der Waals surface area contributed by atoms with E-state index in [-0.39, 0.29) is 5.91 Å². The predicted octanol–water partition coefficient (Wildman–Crippen LogP) is 5.89. The second-order valence-electron chi connectivity index (χ2n) is 8.65. The number of carbonyl (C=O) groups excluding carboxylic acids is 1. The first-order chi connectivity index (χ1) is 17.8. The van der Waals surface area contributed by atoms with Crippen LogP contribution in [0, 0.1) is 0 Å². The third-order valence-corrected chi connectivity index (χ3v) is 7.02. The van der Waals surface area contributed by atoms with Gasteiger partial charge in [-0.25, -0.2) is 9.97 Å². The fourth-order valence-corrected chi connectivity index (χ4v) is 4.94. The summed E-state index contributed by atoms with van der Waals surface area (Å²) in [4.78, 5) is 25.5. The third kappa shape index (κ3) is 6.02. The van der Waals surface area contributed by atoms with Gasteiger partial charge in [0.15, 0.2) is 0 Å². The third-order valence-electron chi connectivity index (χ3n) is 5.78. The van der Waals surface area contributed by atoms with E-state index in [1.807, 2.05) is 44.7 Å². The zero-order valence-corrected chi connectivity index (χ0v) is 22.8. The summed E-state index contributed by atoms with van der Waals surface area (Å²) in [7, 11) is 7.59. The number of hydrogen-bond acceptors (Lipinski definition) is 8. The van der Waals surface area contributed by atoms with Crippen molar-refractivity contribution < 1.29 is 9.53 Å². The molecule has 37 heavy (non-hydrogen) atoms. The first kappa shape index (κ1) is 26.4. The Hall–Kier alpha value is -3.66. The summed E-state index contributed by atoms with van der Waals surface area (Å²) in [6.45, 7) is 5.16. The van der Waals surface area contributed by atoms with Crippen molar-refractivity contribution in [1.82, 2.24) is 14.9 Å². The Kier molecular flexibility index (Phi) is 8.27. The summed E-state index contributed by atoms with van der Waals surface area (Å²) >= 11 is 8.15. The molecule has 0 saturated carbocycles. The molecule has 0 radical (unpaired) electrons. The van der Waals surface area contributed by atoms with Gasteiger partial charge in [0.05, 0.1) is 41.1 Å². The first-order valence-electron chi connectivity index (χ1n) is 11.6. The largest absolute Gasteiger partial charge is 0.494 e. The summed E-state index contributed by atoms with van der Waals surface area (Å²) in [5.74, 6) is 0.611. The predicted molar refractivity (Wildman–Crippen MR) is 155 cm³/mol. The molecule has 0 unspecified atom stereocenters. The van der Waals surface area contributed by atoms with Gasteiger partial charge in [-0.2, -0.15) is 0 Å². The highest BCUT2D eigenvalue weighted by Gasteiger charge is 2.18. The van der Waals surface area contributed by atoms with Crippen molar-refractivity contribution in [2.24, 2.45) is 0 Å². The van der Waals surface area contributed by atoms with Crippen LogP contribution in [0.1, 0.15) is 0 Å². The van der Waals surface area contributed by atoms with Crippen molar-refractivity contribution in [2.45, 2.75) is 0 Å². The zero-order valence-electron chi connectivity index (χ0n) is 21.2. The lowest BCUT2D eigenvalue weighted by Gasteiger charge is -2.26. The molecule has 10 heteroatoms. The highest BCUT2D eigenvalue weighted by molar-refractivity contribution is 7.17. The maximum atomic E-state index is 12.2. The Morgan fingerprint density at radius 1 is 1.19 bits per heavy atom. The van der Waals surface area contributed by atoms with E-state index in [9.17, 15) is 4.79 Å². The molecule has 0 aliphatic carbocycles. The Labute approximate surface area is 225 Å². The molecule has 0 fully saturated rings. The van der Waals surface area contributed by atoms with Gasteiger partial charge in [0.25, 0.3) is 0 Å². The number of ether oxygens (including phenoxy) is 1. The number of nitrogens with zero attached hydrogens (tertiary/aromatic N) is 4. The number of carbonyl (C=O) groups is 1. The molecule has 2 aromatic heterocycles. The summed E-state index contributed by atoms with van der Waals surface area (Å²) in [6.07, 6.45) is 2.82. The normalized spacial score (nSPS) is 11.0. The van der Waals surface area contributed by atoms with Crippen LogP contribution in [0.2, 0.25) is 5.02 Å². The number of aromatic nitrogens is 2. The van der Waals surface area contributed by atoms with Crippen LogP contribution in [0.3, 0.4) is 0 Å². The average Bonchev–Trinajstić information content (AvgIpc) is 3.32. The molecule has 8 nitrogen and oxygen atoms in total. The Morgan fingerprint density at radius 2 is 1.97 bits per heavy atom. The molecule has 0 saturated heterocycles. The van der Waals surface area contributed by atoms with Crippen molar-refractivity contribution >= 4 is 61.9 Å². The smallest absolute Gasteiger partial charge is 0.247 e.